The van der Waals surface area contributed by atoms with Gasteiger partial charge in [-0.05, 0) is 12.8 Å². The van der Waals surface area contributed by atoms with Crippen LogP contribution < -0.4 is 0 Å². The van der Waals surface area contributed by atoms with Gasteiger partial charge >= 0.3 is 0 Å². The molecule has 0 aromatic carbocycles. The normalized spacial score (nSPS) is 12.2. The molecule has 334 valence electrons. The van der Waals surface area contributed by atoms with Crippen molar-refractivity contribution < 1.29 is 18.6 Å². The van der Waals surface area contributed by atoms with Crippen LogP contribution in [-0.2, 0) is 14.1 Å². The van der Waals surface area contributed by atoms with Crippen molar-refractivity contribution in [1.29, 1.82) is 0 Å². The van der Waals surface area contributed by atoms with E-state index < -0.39 is 5.60 Å². The number of Topliss-reactive ketones (excluding diaryl/α,β-unsaturated/α-hetero) is 2. The highest BCUT2D eigenvalue weighted by Gasteiger charge is 2.46. The summed E-state index contributed by atoms with van der Waals surface area (Å²) in [4.78, 5) is 27.3. The Labute approximate surface area is 355 Å². The van der Waals surface area contributed by atoms with E-state index in [4.69, 9.17) is 4.52 Å². The third-order valence-electron chi connectivity index (χ3n) is 12.3. The van der Waals surface area contributed by atoms with E-state index in [1.807, 2.05) is 21.1 Å². The van der Waals surface area contributed by atoms with Crippen LogP contribution in [0.25, 0.3) is 0 Å². The van der Waals surface area contributed by atoms with Crippen LogP contribution in [0.3, 0.4) is 0 Å². The minimum atomic E-state index is -1.38. The van der Waals surface area contributed by atoms with E-state index in [2.05, 4.69) is 23.3 Å². The number of likely N-dealkylation sites (N-methyl/N-ethyl adjacent to an activating group) is 1. The monoisotopic (exact) mass is 808 g/mol. The van der Waals surface area contributed by atoms with Gasteiger partial charge in [0.2, 0.25) is 5.60 Å². The summed E-state index contributed by atoms with van der Waals surface area (Å²) in [6.07, 6.45) is 54.5. The van der Waals surface area contributed by atoms with E-state index >= 15 is 0 Å². The number of carbonyl (C=O) groups is 2. The molecular formula is C51H102NO3P. The number of ketones is 2. The van der Waals surface area contributed by atoms with Gasteiger partial charge in [-0.2, -0.15) is 0 Å². The van der Waals surface area contributed by atoms with Gasteiger partial charge in [-0.15, -0.1) is 0 Å². The lowest BCUT2D eigenvalue weighted by Crippen LogP contribution is -2.58. The van der Waals surface area contributed by atoms with Crippen LogP contribution in [-0.4, -0.2) is 49.3 Å². The molecule has 56 heavy (non-hydrogen) atoms. The summed E-state index contributed by atoms with van der Waals surface area (Å²) in [5, 5.41) is 0. The summed E-state index contributed by atoms with van der Waals surface area (Å²) >= 11 is 0. The lowest BCUT2D eigenvalue weighted by atomic mass is 9.86. The summed E-state index contributed by atoms with van der Waals surface area (Å²) in [7, 11) is 9.35. The molecule has 0 spiro atoms. The molecule has 0 N–H and O–H groups in total. The highest BCUT2D eigenvalue weighted by molar-refractivity contribution is 7.10. The first kappa shape index (κ1) is 55.7. The van der Waals surface area contributed by atoms with E-state index in [0.717, 1.165) is 25.7 Å². The molecule has 0 saturated carbocycles. The van der Waals surface area contributed by atoms with Crippen molar-refractivity contribution in [2.24, 2.45) is 0 Å². The topological polar surface area (TPSA) is 43.4 Å². The number of rotatable bonds is 47. The molecular weight excluding hydrogens is 706 g/mol. The Hall–Kier alpha value is -0.310. The zero-order chi connectivity index (χ0) is 41.3. The summed E-state index contributed by atoms with van der Waals surface area (Å²) in [6, 6.07) is 0. The minimum Gasteiger partial charge on any atom is -0.541 e. The molecule has 0 radical (unpaired) electrons. The van der Waals surface area contributed by atoms with Crippen molar-refractivity contribution in [3.63, 3.8) is 0 Å². The smallest absolute Gasteiger partial charge is 0.204 e. The Morgan fingerprint density at radius 3 is 0.696 bits per heavy atom. The standard InChI is InChI=1S/C51H102NO3P/c1-6-8-10-12-14-16-18-20-22-24-26-28-30-32-34-36-38-40-42-44-46-49(53)51(55-56,48-52(3,4)5)50(54)47-45-43-41-39-37-35-33-31-29-27-25-23-21-19-17-15-13-11-9-7-2/h56H,6-48H2,1-5H3. The SMILES string of the molecule is CCCCCCCCCCCCCCCCCCCCCCC(=O)C(C[N+](C)(C)C)(O[PH-])C(=O)CCCCCCCCCCCCCCCCCCCCCC. The van der Waals surface area contributed by atoms with Crippen LogP contribution >= 0.6 is 9.47 Å². The molecule has 4 nitrogen and oxygen atoms in total. The van der Waals surface area contributed by atoms with Gasteiger partial charge in [-0.3, -0.25) is 9.59 Å². The fourth-order valence-corrected chi connectivity index (χ4v) is 8.92. The fraction of sp³-hybridized carbons (Fsp3) is 0.961. The average molecular weight is 808 g/mol. The molecule has 0 saturated heterocycles. The molecule has 5 heteroatoms. The van der Waals surface area contributed by atoms with Crippen LogP contribution in [0.5, 0.6) is 0 Å². The van der Waals surface area contributed by atoms with Crippen LogP contribution in [0.15, 0.2) is 0 Å². The molecule has 0 aliphatic heterocycles. The van der Waals surface area contributed by atoms with Gasteiger partial charge in [-0.1, -0.05) is 258 Å². The van der Waals surface area contributed by atoms with Crippen molar-refractivity contribution in [3.05, 3.63) is 0 Å². The van der Waals surface area contributed by atoms with Crippen LogP contribution in [0.4, 0.5) is 0 Å². The summed E-state index contributed by atoms with van der Waals surface area (Å²) in [5.74, 6) is -0.0812. The molecule has 0 amide bonds. The molecule has 0 aromatic heterocycles. The first-order valence-corrected chi connectivity index (χ1v) is 25.9. The quantitative estimate of drug-likeness (QED) is 0.0266. The number of quaternary nitrogens is 1. The van der Waals surface area contributed by atoms with E-state index in [1.165, 1.54) is 231 Å². The molecule has 0 heterocycles. The number of nitrogens with zero attached hydrogens (tertiary/aromatic N) is 1. The number of hydrogen-bond donors (Lipinski definition) is 0. The number of hydrogen-bond acceptors (Lipinski definition) is 3. The maximum absolute atomic E-state index is 13.6. The first-order valence-electron chi connectivity index (χ1n) is 25.4. The number of unbranched alkanes of at least 4 members (excludes halogenated alkanes) is 38. The molecule has 0 aliphatic rings. The van der Waals surface area contributed by atoms with E-state index in [9.17, 15) is 9.59 Å². The minimum absolute atomic E-state index is 0.0406. The Bertz CT molecular complexity index is 784. The van der Waals surface area contributed by atoms with Crippen LogP contribution in [0.1, 0.15) is 284 Å². The van der Waals surface area contributed by atoms with E-state index in [1.54, 1.807) is 0 Å². The van der Waals surface area contributed by atoms with Crippen molar-refractivity contribution in [2.45, 2.75) is 289 Å². The third kappa shape index (κ3) is 35.6. The zero-order valence-corrected chi connectivity index (χ0v) is 40.1. The Morgan fingerprint density at radius 2 is 0.536 bits per heavy atom. The van der Waals surface area contributed by atoms with E-state index in [0.29, 0.717) is 23.9 Å². The van der Waals surface area contributed by atoms with Gasteiger partial charge in [0.05, 0.1) is 21.1 Å². The van der Waals surface area contributed by atoms with E-state index in [-0.39, 0.29) is 11.6 Å². The lowest BCUT2D eigenvalue weighted by molar-refractivity contribution is -0.873. The van der Waals surface area contributed by atoms with Crippen LogP contribution in [0, 0.1) is 0 Å². The molecule has 0 unspecified atom stereocenters. The summed E-state index contributed by atoms with van der Waals surface area (Å²) < 4.78 is 6.23. The number of carbonyl (C=O) groups excluding carboxylic acids is 2. The molecule has 0 aromatic rings. The predicted octanol–water partition coefficient (Wildman–Crippen LogP) is 17.1. The zero-order valence-electron chi connectivity index (χ0n) is 39.1. The van der Waals surface area contributed by atoms with Gasteiger partial charge in [-0.25, -0.2) is 0 Å². The lowest BCUT2D eigenvalue weighted by Gasteiger charge is -2.39. The Kier molecular flexibility index (Phi) is 41.2. The molecule has 0 rings (SSSR count). The van der Waals surface area contributed by atoms with Gasteiger partial charge < -0.3 is 18.5 Å². The van der Waals surface area contributed by atoms with Crippen molar-refractivity contribution >= 4 is 21.0 Å². The predicted molar refractivity (Wildman–Crippen MR) is 250 cm³/mol. The maximum atomic E-state index is 13.6. The van der Waals surface area contributed by atoms with Crippen molar-refractivity contribution in [1.82, 2.24) is 0 Å². The highest BCUT2D eigenvalue weighted by atomic mass is 31.0. The average Bonchev–Trinajstić information content (AvgIpc) is 3.17. The Balaban J connectivity index is 3.96. The van der Waals surface area contributed by atoms with Crippen molar-refractivity contribution in [3.8, 4) is 0 Å². The van der Waals surface area contributed by atoms with Gasteiger partial charge in [0.15, 0.2) is 11.6 Å². The first-order chi connectivity index (χ1) is 27.2. The highest BCUT2D eigenvalue weighted by Crippen LogP contribution is 2.27. The molecule has 0 bridgehead atoms. The summed E-state index contributed by atoms with van der Waals surface area (Å²) in [5.41, 5.74) is -1.38. The second kappa shape index (κ2) is 41.4. The third-order valence-corrected chi connectivity index (χ3v) is 12.6. The second-order valence-electron chi connectivity index (χ2n) is 19.2. The molecule has 0 aliphatic carbocycles. The fourth-order valence-electron chi connectivity index (χ4n) is 8.63. The van der Waals surface area contributed by atoms with Gasteiger partial charge in [0.1, 0.15) is 6.54 Å². The molecule has 0 fully saturated rings. The Morgan fingerprint density at radius 1 is 0.357 bits per heavy atom. The van der Waals surface area contributed by atoms with Crippen molar-refractivity contribution in [2.75, 3.05) is 27.7 Å². The maximum Gasteiger partial charge on any atom is 0.204 e. The summed E-state index contributed by atoms with van der Waals surface area (Å²) in [6.45, 7) is 4.95. The second-order valence-corrected chi connectivity index (χ2v) is 19.4. The molecule has 0 atom stereocenters. The van der Waals surface area contributed by atoms with Gasteiger partial charge in [0.25, 0.3) is 0 Å². The van der Waals surface area contributed by atoms with Gasteiger partial charge in [0, 0.05) is 12.8 Å². The largest absolute Gasteiger partial charge is 0.541 e. The van der Waals surface area contributed by atoms with Crippen LogP contribution in [0.2, 0.25) is 0 Å².